The van der Waals surface area contributed by atoms with Crippen LogP contribution in [0.4, 0.5) is 0 Å². The Hall–Kier alpha value is -0.580. The van der Waals surface area contributed by atoms with E-state index >= 15 is 0 Å². The lowest BCUT2D eigenvalue weighted by Gasteiger charge is -2.08. The van der Waals surface area contributed by atoms with Crippen molar-refractivity contribution >= 4 is 11.3 Å². The molecule has 0 aliphatic heterocycles. The van der Waals surface area contributed by atoms with E-state index in [2.05, 4.69) is 0 Å². The number of hydrogen-bond donors (Lipinski definition) is 1. The van der Waals surface area contributed by atoms with Crippen LogP contribution in [0.25, 0.3) is 0 Å². The predicted molar refractivity (Wildman–Crippen MR) is 54.3 cm³/mol. The molecular weight excluding hydrogens is 186 g/mol. The van der Waals surface area contributed by atoms with Gasteiger partial charge in [0.15, 0.2) is 0 Å². The fourth-order valence-electron chi connectivity index (χ4n) is 0.963. The van der Waals surface area contributed by atoms with Crippen LogP contribution in [0.3, 0.4) is 0 Å². The summed E-state index contributed by atoms with van der Waals surface area (Å²) in [7, 11) is 1.65. The number of methoxy groups -OCH3 is 1. The zero-order valence-electron chi connectivity index (χ0n) is 7.95. The Morgan fingerprint density at radius 1 is 1.62 bits per heavy atom. The second-order valence-electron chi connectivity index (χ2n) is 2.65. The zero-order chi connectivity index (χ0) is 9.68. The van der Waals surface area contributed by atoms with Gasteiger partial charge in [0.05, 0.1) is 19.8 Å². The normalized spacial score (nSPS) is 12.8. The van der Waals surface area contributed by atoms with E-state index in [4.69, 9.17) is 15.2 Å². The van der Waals surface area contributed by atoms with Gasteiger partial charge in [0.1, 0.15) is 5.75 Å². The number of thiophene rings is 1. The van der Waals surface area contributed by atoms with Crippen LogP contribution in [0.5, 0.6) is 5.75 Å². The fraction of sp³-hybridized carbons (Fsp3) is 0.556. The first-order chi connectivity index (χ1) is 6.27. The summed E-state index contributed by atoms with van der Waals surface area (Å²) < 4.78 is 10.3. The molecule has 0 fully saturated rings. The van der Waals surface area contributed by atoms with Crippen molar-refractivity contribution in [2.75, 3.05) is 20.3 Å². The third-order valence-electron chi connectivity index (χ3n) is 1.70. The molecule has 0 saturated heterocycles. The van der Waals surface area contributed by atoms with E-state index < -0.39 is 0 Å². The van der Waals surface area contributed by atoms with E-state index in [-0.39, 0.29) is 6.04 Å². The molecular formula is C9H15NO2S. The molecule has 0 aliphatic rings. The highest BCUT2D eigenvalue weighted by Gasteiger charge is 2.08. The molecule has 0 aliphatic carbocycles. The van der Waals surface area contributed by atoms with Crippen LogP contribution in [0.2, 0.25) is 0 Å². The molecule has 1 rings (SSSR count). The number of ether oxygens (including phenoxy) is 2. The molecule has 13 heavy (non-hydrogen) atoms. The van der Waals surface area contributed by atoms with Crippen molar-refractivity contribution in [3.05, 3.63) is 16.3 Å². The minimum absolute atomic E-state index is 0.0335. The highest BCUT2D eigenvalue weighted by Crippen LogP contribution is 2.25. The summed E-state index contributed by atoms with van der Waals surface area (Å²) in [6.07, 6.45) is 0. The topological polar surface area (TPSA) is 44.5 Å². The van der Waals surface area contributed by atoms with Gasteiger partial charge in [-0.3, -0.25) is 0 Å². The van der Waals surface area contributed by atoms with Crippen LogP contribution in [0.1, 0.15) is 17.8 Å². The van der Waals surface area contributed by atoms with E-state index in [1.807, 2.05) is 18.4 Å². The maximum Gasteiger partial charge on any atom is 0.129 e. The van der Waals surface area contributed by atoms with E-state index in [9.17, 15) is 0 Å². The Bertz CT molecular complexity index is 250. The summed E-state index contributed by atoms with van der Waals surface area (Å²) in [5, 5.41) is 1.95. The van der Waals surface area contributed by atoms with Gasteiger partial charge in [-0.25, -0.2) is 0 Å². The van der Waals surface area contributed by atoms with Crippen LogP contribution >= 0.6 is 11.3 Å². The monoisotopic (exact) mass is 201 g/mol. The predicted octanol–water partition coefficient (Wildman–Crippen LogP) is 1.79. The van der Waals surface area contributed by atoms with Gasteiger partial charge in [-0.05, 0) is 13.0 Å². The summed E-state index contributed by atoms with van der Waals surface area (Å²) in [6.45, 7) is 3.23. The highest BCUT2D eigenvalue weighted by molar-refractivity contribution is 7.10. The summed E-state index contributed by atoms with van der Waals surface area (Å²) in [5.41, 5.74) is 5.88. The summed E-state index contributed by atoms with van der Waals surface area (Å²) in [5.74, 6) is 0.868. The fourth-order valence-corrected chi connectivity index (χ4v) is 1.81. The quantitative estimate of drug-likeness (QED) is 0.790. The minimum Gasteiger partial charge on any atom is -0.496 e. The number of rotatable bonds is 5. The zero-order valence-corrected chi connectivity index (χ0v) is 8.76. The molecule has 0 saturated carbocycles. The number of hydrogen-bond acceptors (Lipinski definition) is 4. The van der Waals surface area contributed by atoms with Crippen molar-refractivity contribution in [3.63, 3.8) is 0 Å². The van der Waals surface area contributed by atoms with E-state index in [0.29, 0.717) is 13.2 Å². The largest absolute Gasteiger partial charge is 0.496 e. The van der Waals surface area contributed by atoms with Crippen LogP contribution in [-0.2, 0) is 4.74 Å². The summed E-state index contributed by atoms with van der Waals surface area (Å²) in [4.78, 5) is 1.10. The van der Waals surface area contributed by atoms with E-state index in [1.165, 1.54) is 0 Å². The molecule has 2 N–H and O–H groups in total. The van der Waals surface area contributed by atoms with Gasteiger partial charge >= 0.3 is 0 Å². The van der Waals surface area contributed by atoms with E-state index in [0.717, 1.165) is 10.6 Å². The minimum atomic E-state index is -0.0335. The van der Waals surface area contributed by atoms with Crippen LogP contribution in [-0.4, -0.2) is 20.3 Å². The Morgan fingerprint density at radius 2 is 2.38 bits per heavy atom. The van der Waals surface area contributed by atoms with Crippen LogP contribution in [0, 0.1) is 0 Å². The first kappa shape index (κ1) is 10.5. The molecule has 1 aromatic rings. The lowest BCUT2D eigenvalue weighted by atomic mass is 10.3. The third-order valence-corrected chi connectivity index (χ3v) is 2.74. The van der Waals surface area contributed by atoms with Gasteiger partial charge in [-0.15, -0.1) is 11.3 Å². The van der Waals surface area contributed by atoms with Gasteiger partial charge < -0.3 is 15.2 Å². The lowest BCUT2D eigenvalue weighted by molar-refractivity contribution is 0.134. The Kier molecular flexibility index (Phi) is 4.21. The Morgan fingerprint density at radius 3 is 2.92 bits per heavy atom. The van der Waals surface area contributed by atoms with Gasteiger partial charge in [-0.2, -0.15) is 0 Å². The van der Waals surface area contributed by atoms with Crippen LogP contribution < -0.4 is 10.5 Å². The van der Waals surface area contributed by atoms with Crippen molar-refractivity contribution in [3.8, 4) is 5.75 Å². The van der Waals surface area contributed by atoms with Crippen LogP contribution in [0.15, 0.2) is 11.4 Å². The van der Waals surface area contributed by atoms with Gasteiger partial charge in [-0.1, -0.05) is 0 Å². The smallest absolute Gasteiger partial charge is 0.129 e. The molecule has 0 amide bonds. The van der Waals surface area contributed by atoms with Gasteiger partial charge in [0.2, 0.25) is 0 Å². The third kappa shape index (κ3) is 2.99. The highest BCUT2D eigenvalue weighted by atomic mass is 32.1. The molecule has 3 nitrogen and oxygen atoms in total. The maximum atomic E-state index is 5.88. The molecule has 0 bridgehead atoms. The molecule has 4 heteroatoms. The Balaban J connectivity index is 2.50. The number of nitrogens with two attached hydrogens (primary N) is 1. The summed E-state index contributed by atoms with van der Waals surface area (Å²) >= 11 is 1.60. The molecule has 1 aromatic heterocycles. The average molecular weight is 201 g/mol. The molecule has 74 valence electrons. The first-order valence-corrected chi connectivity index (χ1v) is 5.11. The van der Waals surface area contributed by atoms with Gasteiger partial charge in [0.25, 0.3) is 0 Å². The molecule has 0 spiro atoms. The molecule has 1 atom stereocenters. The van der Waals surface area contributed by atoms with E-state index in [1.54, 1.807) is 18.4 Å². The molecule has 0 aromatic carbocycles. The maximum absolute atomic E-state index is 5.88. The van der Waals surface area contributed by atoms with Crippen molar-refractivity contribution in [2.24, 2.45) is 5.73 Å². The molecule has 1 unspecified atom stereocenters. The standard InChI is InChI=1S/C9H15NO2S/c1-3-12-5-8(10)9-4-7(11-2)6-13-9/h4,6,8H,3,5,10H2,1-2H3. The van der Waals surface area contributed by atoms with Crippen molar-refractivity contribution in [1.82, 2.24) is 0 Å². The average Bonchev–Trinajstić information content (AvgIpc) is 2.62. The van der Waals surface area contributed by atoms with Crippen molar-refractivity contribution in [1.29, 1.82) is 0 Å². The molecule has 0 radical (unpaired) electrons. The summed E-state index contributed by atoms with van der Waals surface area (Å²) in [6, 6.07) is 1.92. The van der Waals surface area contributed by atoms with Crippen molar-refractivity contribution in [2.45, 2.75) is 13.0 Å². The molecule has 1 heterocycles. The second-order valence-corrected chi connectivity index (χ2v) is 3.60. The SMILES string of the molecule is CCOCC(N)c1cc(OC)cs1. The van der Waals surface area contributed by atoms with Crippen molar-refractivity contribution < 1.29 is 9.47 Å². The Labute approximate surface area is 82.5 Å². The lowest BCUT2D eigenvalue weighted by Crippen LogP contribution is -2.15. The van der Waals surface area contributed by atoms with Gasteiger partial charge in [0, 0.05) is 16.9 Å². The first-order valence-electron chi connectivity index (χ1n) is 4.23. The second kappa shape index (κ2) is 5.21.